The summed E-state index contributed by atoms with van der Waals surface area (Å²) in [5.41, 5.74) is 6.75. The van der Waals surface area contributed by atoms with Crippen molar-refractivity contribution in [2.75, 3.05) is 44.7 Å². The van der Waals surface area contributed by atoms with Gasteiger partial charge in [0, 0.05) is 50.4 Å². The van der Waals surface area contributed by atoms with E-state index in [1.807, 2.05) is 19.1 Å². The Morgan fingerprint density at radius 3 is 2.65 bits per heavy atom. The number of benzene rings is 1. The quantitative estimate of drug-likeness (QED) is 0.630. The van der Waals surface area contributed by atoms with E-state index in [0.29, 0.717) is 0 Å². The van der Waals surface area contributed by atoms with Gasteiger partial charge >= 0.3 is 0 Å². The fourth-order valence-electron chi connectivity index (χ4n) is 2.48. The van der Waals surface area contributed by atoms with Crippen molar-refractivity contribution in [3.8, 4) is 5.75 Å². The van der Waals surface area contributed by atoms with E-state index in [4.69, 9.17) is 15.9 Å². The van der Waals surface area contributed by atoms with E-state index in [9.17, 15) is 0 Å². The molecule has 0 aromatic heterocycles. The van der Waals surface area contributed by atoms with Gasteiger partial charge in [0.15, 0.2) is 0 Å². The second kappa shape index (κ2) is 6.61. The SMILES string of the molecule is COc1cccc(N2CCN(CC(C)C(=N)N)CC2)c1. The molecule has 1 atom stereocenters. The molecule has 0 amide bonds. The molecule has 0 bridgehead atoms. The lowest BCUT2D eigenvalue weighted by atomic mass is 10.1. The Labute approximate surface area is 120 Å². The average Bonchev–Trinajstić information content (AvgIpc) is 2.48. The number of anilines is 1. The summed E-state index contributed by atoms with van der Waals surface area (Å²) in [4.78, 5) is 4.75. The van der Waals surface area contributed by atoms with E-state index >= 15 is 0 Å². The molecule has 1 aliphatic rings. The second-order valence-electron chi connectivity index (χ2n) is 5.35. The number of nitrogens with two attached hydrogens (primary N) is 1. The number of methoxy groups -OCH3 is 1. The van der Waals surface area contributed by atoms with Crippen LogP contribution in [0.3, 0.4) is 0 Å². The molecule has 0 aliphatic carbocycles. The molecule has 3 N–H and O–H groups in total. The van der Waals surface area contributed by atoms with Gasteiger partial charge in [-0.3, -0.25) is 10.3 Å². The van der Waals surface area contributed by atoms with Crippen LogP contribution in [0.15, 0.2) is 24.3 Å². The van der Waals surface area contributed by atoms with Crippen molar-refractivity contribution in [1.82, 2.24) is 4.90 Å². The molecule has 1 fully saturated rings. The van der Waals surface area contributed by atoms with Crippen LogP contribution < -0.4 is 15.4 Å². The van der Waals surface area contributed by atoms with Gasteiger partial charge in [-0.1, -0.05) is 13.0 Å². The maximum absolute atomic E-state index is 7.46. The van der Waals surface area contributed by atoms with Gasteiger partial charge in [0.25, 0.3) is 0 Å². The number of piperazine rings is 1. The van der Waals surface area contributed by atoms with Crippen LogP contribution in [0, 0.1) is 11.3 Å². The van der Waals surface area contributed by atoms with Crippen LogP contribution in [-0.4, -0.2) is 50.6 Å². The van der Waals surface area contributed by atoms with Crippen LogP contribution >= 0.6 is 0 Å². The zero-order valence-corrected chi connectivity index (χ0v) is 12.3. The van der Waals surface area contributed by atoms with Gasteiger partial charge in [-0.15, -0.1) is 0 Å². The van der Waals surface area contributed by atoms with E-state index < -0.39 is 0 Å². The highest BCUT2D eigenvalue weighted by molar-refractivity contribution is 5.79. The van der Waals surface area contributed by atoms with E-state index in [1.54, 1.807) is 7.11 Å². The number of rotatable bonds is 5. The Hall–Kier alpha value is -1.75. The minimum atomic E-state index is 0.137. The molecule has 1 unspecified atom stereocenters. The Kier molecular flexibility index (Phi) is 4.84. The van der Waals surface area contributed by atoms with Gasteiger partial charge in [-0.25, -0.2) is 0 Å². The number of nitrogens with zero attached hydrogens (tertiary/aromatic N) is 2. The van der Waals surface area contributed by atoms with Crippen LogP contribution in [0.5, 0.6) is 5.75 Å². The summed E-state index contributed by atoms with van der Waals surface area (Å²) in [5.74, 6) is 1.31. The van der Waals surface area contributed by atoms with Crippen molar-refractivity contribution in [3.63, 3.8) is 0 Å². The number of nitrogens with one attached hydrogen (secondary N) is 1. The molecule has 1 aliphatic heterocycles. The molecular weight excluding hydrogens is 252 g/mol. The number of amidine groups is 1. The van der Waals surface area contributed by atoms with E-state index in [2.05, 4.69) is 21.9 Å². The number of hydrogen-bond acceptors (Lipinski definition) is 4. The Balaban J connectivity index is 1.89. The Morgan fingerprint density at radius 1 is 1.35 bits per heavy atom. The molecule has 1 heterocycles. The summed E-state index contributed by atoms with van der Waals surface area (Å²) in [6, 6.07) is 8.19. The fourth-order valence-corrected chi connectivity index (χ4v) is 2.48. The van der Waals surface area contributed by atoms with Crippen molar-refractivity contribution < 1.29 is 4.74 Å². The molecule has 110 valence electrons. The summed E-state index contributed by atoms with van der Waals surface area (Å²) in [7, 11) is 1.69. The van der Waals surface area contributed by atoms with Gasteiger partial charge in [0.1, 0.15) is 5.75 Å². The maximum Gasteiger partial charge on any atom is 0.120 e. The third-order valence-corrected chi connectivity index (χ3v) is 3.85. The first-order valence-corrected chi connectivity index (χ1v) is 7.05. The molecule has 5 heteroatoms. The molecular formula is C15H24N4O. The summed E-state index contributed by atoms with van der Waals surface area (Å²) in [6.45, 7) is 6.90. The maximum atomic E-state index is 7.46. The lowest BCUT2D eigenvalue weighted by Crippen LogP contribution is -2.48. The summed E-state index contributed by atoms with van der Waals surface area (Å²) < 4.78 is 5.27. The molecule has 5 nitrogen and oxygen atoms in total. The lowest BCUT2D eigenvalue weighted by molar-refractivity contribution is 0.243. The van der Waals surface area contributed by atoms with Crippen molar-refractivity contribution in [3.05, 3.63) is 24.3 Å². The number of hydrogen-bond donors (Lipinski definition) is 2. The third-order valence-electron chi connectivity index (χ3n) is 3.85. The van der Waals surface area contributed by atoms with Crippen molar-refractivity contribution in [2.45, 2.75) is 6.92 Å². The van der Waals surface area contributed by atoms with Gasteiger partial charge in [0.05, 0.1) is 12.9 Å². The average molecular weight is 276 g/mol. The Morgan fingerprint density at radius 2 is 2.05 bits per heavy atom. The minimum absolute atomic E-state index is 0.137. The highest BCUT2D eigenvalue weighted by Gasteiger charge is 2.19. The van der Waals surface area contributed by atoms with E-state index in [-0.39, 0.29) is 11.8 Å². The predicted octanol–water partition coefficient (Wildman–Crippen LogP) is 1.39. The molecule has 1 aromatic carbocycles. The van der Waals surface area contributed by atoms with Crippen LogP contribution in [0.1, 0.15) is 6.92 Å². The topological polar surface area (TPSA) is 65.6 Å². The summed E-state index contributed by atoms with van der Waals surface area (Å²) in [6.07, 6.45) is 0. The van der Waals surface area contributed by atoms with Crippen LogP contribution in [0.2, 0.25) is 0 Å². The van der Waals surface area contributed by atoms with Crippen molar-refractivity contribution in [1.29, 1.82) is 5.41 Å². The normalized spacial score (nSPS) is 17.8. The summed E-state index contributed by atoms with van der Waals surface area (Å²) >= 11 is 0. The highest BCUT2D eigenvalue weighted by Crippen LogP contribution is 2.22. The smallest absolute Gasteiger partial charge is 0.120 e. The first-order chi connectivity index (χ1) is 9.60. The van der Waals surface area contributed by atoms with Gasteiger partial charge < -0.3 is 15.4 Å². The molecule has 1 saturated heterocycles. The monoisotopic (exact) mass is 276 g/mol. The first kappa shape index (κ1) is 14.7. The molecule has 2 rings (SSSR count). The largest absolute Gasteiger partial charge is 0.497 e. The highest BCUT2D eigenvalue weighted by atomic mass is 16.5. The molecule has 20 heavy (non-hydrogen) atoms. The third kappa shape index (κ3) is 3.63. The number of ether oxygens (including phenoxy) is 1. The van der Waals surface area contributed by atoms with Crippen LogP contribution in [0.25, 0.3) is 0 Å². The molecule has 0 radical (unpaired) electrons. The molecule has 1 aromatic rings. The van der Waals surface area contributed by atoms with Crippen LogP contribution in [0.4, 0.5) is 5.69 Å². The lowest BCUT2D eigenvalue weighted by Gasteiger charge is -2.37. The zero-order chi connectivity index (χ0) is 14.5. The molecule has 0 saturated carbocycles. The molecule has 0 spiro atoms. The van der Waals surface area contributed by atoms with Gasteiger partial charge in [-0.2, -0.15) is 0 Å². The predicted molar refractivity (Wildman–Crippen MR) is 82.7 cm³/mol. The first-order valence-electron chi connectivity index (χ1n) is 7.05. The van der Waals surface area contributed by atoms with Crippen LogP contribution in [-0.2, 0) is 0 Å². The fraction of sp³-hybridized carbons (Fsp3) is 0.533. The zero-order valence-electron chi connectivity index (χ0n) is 12.3. The van der Waals surface area contributed by atoms with Crippen molar-refractivity contribution >= 4 is 11.5 Å². The van der Waals surface area contributed by atoms with Gasteiger partial charge in [0.2, 0.25) is 0 Å². The van der Waals surface area contributed by atoms with Crippen molar-refractivity contribution in [2.24, 2.45) is 11.7 Å². The summed E-state index contributed by atoms with van der Waals surface area (Å²) in [5, 5.41) is 7.46. The Bertz CT molecular complexity index is 455. The van der Waals surface area contributed by atoms with Gasteiger partial charge in [-0.05, 0) is 12.1 Å². The second-order valence-corrected chi connectivity index (χ2v) is 5.35. The van der Waals surface area contributed by atoms with E-state index in [1.165, 1.54) is 5.69 Å². The minimum Gasteiger partial charge on any atom is -0.497 e. The standard InChI is InChI=1S/C15H24N4O/c1-12(15(16)17)11-18-6-8-19(9-7-18)13-4-3-5-14(10-13)20-2/h3-5,10,12H,6-9,11H2,1-2H3,(H3,16,17). The van der Waals surface area contributed by atoms with E-state index in [0.717, 1.165) is 38.5 Å².